The third kappa shape index (κ3) is 4.29. The van der Waals surface area contributed by atoms with Gasteiger partial charge in [-0.05, 0) is 47.5 Å². The van der Waals surface area contributed by atoms with Gasteiger partial charge in [0.2, 0.25) is 0 Å². The van der Waals surface area contributed by atoms with Crippen LogP contribution in [0, 0.1) is 0 Å². The average Bonchev–Trinajstić information content (AvgIpc) is 2.93. The third-order valence-corrected chi connectivity index (χ3v) is 3.56. The largest absolute Gasteiger partial charge is 0.354 e. The molecule has 0 amide bonds. The molecule has 0 spiro atoms. The molecule has 5 heteroatoms. The fourth-order valence-corrected chi connectivity index (χ4v) is 2.44. The number of rotatable bonds is 7. The van der Waals surface area contributed by atoms with E-state index in [-0.39, 0.29) is 0 Å². The molecule has 0 radical (unpaired) electrons. The minimum Gasteiger partial charge on any atom is -0.354 e. The van der Waals surface area contributed by atoms with Crippen LogP contribution in [-0.4, -0.2) is 23.8 Å². The van der Waals surface area contributed by atoms with Gasteiger partial charge in [0.25, 0.3) is 0 Å². The van der Waals surface area contributed by atoms with Gasteiger partial charge in [0, 0.05) is 20.1 Å². The second-order valence-electron chi connectivity index (χ2n) is 4.55. The van der Waals surface area contributed by atoms with E-state index in [0.717, 1.165) is 37.6 Å². The highest BCUT2D eigenvalue weighted by Gasteiger charge is 2.05. The van der Waals surface area contributed by atoms with Crippen LogP contribution in [0.2, 0.25) is 0 Å². The van der Waals surface area contributed by atoms with E-state index in [9.17, 15) is 0 Å². The summed E-state index contributed by atoms with van der Waals surface area (Å²) < 4.78 is 0. The van der Waals surface area contributed by atoms with E-state index in [1.165, 1.54) is 5.56 Å². The Balaban J connectivity index is 1.90. The highest BCUT2D eigenvalue weighted by Crippen LogP contribution is 2.13. The predicted molar refractivity (Wildman–Crippen MR) is 80.5 cm³/mol. The molecule has 0 aliphatic heterocycles. The smallest absolute Gasteiger partial charge is 0.151 e. The summed E-state index contributed by atoms with van der Waals surface area (Å²) in [5, 5.41) is 16.1. The Bertz CT molecular complexity index is 467. The van der Waals surface area contributed by atoms with Gasteiger partial charge in [0.15, 0.2) is 5.82 Å². The summed E-state index contributed by atoms with van der Waals surface area (Å²) in [4.78, 5) is 2.11. The van der Waals surface area contributed by atoms with Crippen LogP contribution in [0.15, 0.2) is 29.0 Å². The van der Waals surface area contributed by atoms with Gasteiger partial charge in [-0.1, -0.05) is 6.92 Å². The van der Waals surface area contributed by atoms with Gasteiger partial charge in [-0.2, -0.15) is 16.4 Å². The number of hydrogen-bond donors (Lipinski definition) is 1. The number of nitrogens with one attached hydrogen (secondary N) is 1. The molecule has 0 atom stereocenters. The molecule has 2 aromatic heterocycles. The van der Waals surface area contributed by atoms with E-state index < -0.39 is 0 Å². The lowest BCUT2D eigenvalue weighted by Crippen LogP contribution is -2.19. The van der Waals surface area contributed by atoms with Crippen molar-refractivity contribution in [3.8, 4) is 0 Å². The van der Waals surface area contributed by atoms with Crippen LogP contribution in [0.25, 0.3) is 0 Å². The Labute approximate surface area is 118 Å². The van der Waals surface area contributed by atoms with Gasteiger partial charge >= 0.3 is 0 Å². The summed E-state index contributed by atoms with van der Waals surface area (Å²) in [6, 6.07) is 6.20. The molecule has 0 fully saturated rings. The molecule has 1 N–H and O–H groups in total. The van der Waals surface area contributed by atoms with Crippen LogP contribution >= 0.6 is 11.3 Å². The lowest BCUT2D eigenvalue weighted by Gasteiger charge is -2.16. The first-order chi connectivity index (χ1) is 9.29. The standard InChI is InChI=1S/C14H20N4S/c1-3-7-15-9-13-4-5-14(17-16-13)18(2)10-12-6-8-19-11-12/h4-6,8,11,15H,3,7,9-10H2,1-2H3. The molecule has 0 saturated carbocycles. The maximum Gasteiger partial charge on any atom is 0.151 e. The second-order valence-corrected chi connectivity index (χ2v) is 5.33. The minimum absolute atomic E-state index is 0.787. The van der Waals surface area contributed by atoms with Crippen molar-refractivity contribution in [1.29, 1.82) is 0 Å². The Morgan fingerprint density at radius 1 is 1.26 bits per heavy atom. The number of aromatic nitrogens is 2. The zero-order valence-corrected chi connectivity index (χ0v) is 12.3. The monoisotopic (exact) mass is 276 g/mol. The minimum atomic E-state index is 0.787. The number of hydrogen-bond acceptors (Lipinski definition) is 5. The van der Waals surface area contributed by atoms with Gasteiger partial charge in [0.05, 0.1) is 5.69 Å². The van der Waals surface area contributed by atoms with Gasteiger partial charge < -0.3 is 10.2 Å². The fraction of sp³-hybridized carbons (Fsp3) is 0.429. The first kappa shape index (κ1) is 14.0. The Morgan fingerprint density at radius 3 is 2.79 bits per heavy atom. The molecule has 4 nitrogen and oxygen atoms in total. The molecule has 2 aromatic rings. The van der Waals surface area contributed by atoms with E-state index in [1.54, 1.807) is 11.3 Å². The summed E-state index contributed by atoms with van der Waals surface area (Å²) >= 11 is 1.72. The van der Waals surface area contributed by atoms with Crippen molar-refractivity contribution in [1.82, 2.24) is 15.5 Å². The molecule has 19 heavy (non-hydrogen) atoms. The maximum atomic E-state index is 4.28. The lowest BCUT2D eigenvalue weighted by atomic mass is 10.3. The molecule has 2 heterocycles. The van der Waals surface area contributed by atoms with E-state index in [2.05, 4.69) is 44.2 Å². The molecular formula is C14H20N4S. The van der Waals surface area contributed by atoms with E-state index in [1.807, 2.05) is 19.2 Å². The zero-order valence-electron chi connectivity index (χ0n) is 11.5. The van der Waals surface area contributed by atoms with Gasteiger partial charge in [-0.15, -0.1) is 5.10 Å². The number of nitrogens with zero attached hydrogens (tertiary/aromatic N) is 3. The Morgan fingerprint density at radius 2 is 2.16 bits per heavy atom. The molecule has 0 aromatic carbocycles. The average molecular weight is 276 g/mol. The van der Waals surface area contributed by atoms with Crippen LogP contribution in [-0.2, 0) is 13.1 Å². The van der Waals surface area contributed by atoms with Crippen LogP contribution in [0.5, 0.6) is 0 Å². The molecule has 0 aliphatic rings. The molecular weight excluding hydrogens is 256 g/mol. The van der Waals surface area contributed by atoms with Gasteiger partial charge in [-0.3, -0.25) is 0 Å². The van der Waals surface area contributed by atoms with Crippen molar-refractivity contribution in [2.75, 3.05) is 18.5 Å². The van der Waals surface area contributed by atoms with Crippen molar-refractivity contribution in [3.63, 3.8) is 0 Å². The normalized spacial score (nSPS) is 10.6. The third-order valence-electron chi connectivity index (χ3n) is 2.83. The summed E-state index contributed by atoms with van der Waals surface area (Å²) in [6.07, 6.45) is 1.13. The molecule has 0 aliphatic carbocycles. The molecule has 0 bridgehead atoms. The maximum absolute atomic E-state index is 4.28. The molecule has 2 rings (SSSR count). The summed E-state index contributed by atoms with van der Waals surface area (Å²) in [7, 11) is 2.04. The first-order valence-corrected chi connectivity index (χ1v) is 7.49. The second kappa shape index (κ2) is 7.21. The SMILES string of the molecule is CCCNCc1ccc(N(C)Cc2ccsc2)nn1. The quantitative estimate of drug-likeness (QED) is 0.789. The van der Waals surface area contributed by atoms with Crippen LogP contribution < -0.4 is 10.2 Å². The summed E-state index contributed by atoms with van der Waals surface area (Å²) in [6.45, 7) is 4.82. The van der Waals surface area contributed by atoms with Gasteiger partial charge in [0.1, 0.15) is 0 Å². The fourth-order valence-electron chi connectivity index (χ4n) is 1.78. The van der Waals surface area contributed by atoms with Crippen LogP contribution in [0.1, 0.15) is 24.6 Å². The number of anilines is 1. The van der Waals surface area contributed by atoms with Crippen LogP contribution in [0.4, 0.5) is 5.82 Å². The molecule has 0 saturated heterocycles. The van der Waals surface area contributed by atoms with Crippen molar-refractivity contribution < 1.29 is 0 Å². The van der Waals surface area contributed by atoms with Gasteiger partial charge in [-0.25, -0.2) is 0 Å². The molecule has 102 valence electrons. The van der Waals surface area contributed by atoms with Crippen molar-refractivity contribution in [3.05, 3.63) is 40.2 Å². The van der Waals surface area contributed by atoms with Crippen molar-refractivity contribution in [2.45, 2.75) is 26.4 Å². The van der Waals surface area contributed by atoms with E-state index in [4.69, 9.17) is 0 Å². The first-order valence-electron chi connectivity index (χ1n) is 6.55. The number of thiophene rings is 1. The van der Waals surface area contributed by atoms with E-state index in [0.29, 0.717) is 0 Å². The lowest BCUT2D eigenvalue weighted by molar-refractivity contribution is 0.656. The summed E-state index contributed by atoms with van der Waals surface area (Å²) in [5.74, 6) is 0.908. The predicted octanol–water partition coefficient (Wildman–Crippen LogP) is 2.67. The van der Waals surface area contributed by atoms with Crippen molar-refractivity contribution >= 4 is 17.2 Å². The summed E-state index contributed by atoms with van der Waals surface area (Å²) in [5.41, 5.74) is 2.30. The van der Waals surface area contributed by atoms with Crippen LogP contribution in [0.3, 0.4) is 0 Å². The van der Waals surface area contributed by atoms with Crippen molar-refractivity contribution in [2.24, 2.45) is 0 Å². The highest BCUT2D eigenvalue weighted by atomic mass is 32.1. The Kier molecular flexibility index (Phi) is 5.30. The topological polar surface area (TPSA) is 41.0 Å². The highest BCUT2D eigenvalue weighted by molar-refractivity contribution is 7.07. The Hall–Kier alpha value is -1.46. The van der Waals surface area contributed by atoms with E-state index >= 15 is 0 Å². The zero-order chi connectivity index (χ0) is 13.5. The molecule has 0 unspecified atom stereocenters.